The fraction of sp³-hybridized carbons (Fsp3) is 1.00. The van der Waals surface area contributed by atoms with E-state index in [0.717, 1.165) is 5.92 Å². The van der Waals surface area contributed by atoms with Crippen molar-refractivity contribution in [1.82, 2.24) is 0 Å². The van der Waals surface area contributed by atoms with Gasteiger partial charge >= 0.3 is 37.7 Å². The zero-order chi connectivity index (χ0) is 6.41. The maximum atomic E-state index is 2.33. The van der Waals surface area contributed by atoms with Crippen molar-refractivity contribution >= 4 is 0 Å². The minimum absolute atomic E-state index is 0. The Balaban J connectivity index is -0.0000000408. The molecule has 0 spiro atoms. The van der Waals surface area contributed by atoms with Gasteiger partial charge in [0.1, 0.15) is 0 Å². The van der Waals surface area contributed by atoms with Crippen molar-refractivity contribution in [3.63, 3.8) is 0 Å². The molecule has 0 rings (SSSR count). The van der Waals surface area contributed by atoms with Crippen LogP contribution in [0.25, 0.3) is 0 Å². The Morgan fingerprint density at radius 2 is 1.70 bits per heavy atom. The van der Waals surface area contributed by atoms with Gasteiger partial charge in [-0.05, 0) is 5.92 Å². The molecule has 0 amide bonds. The molecule has 0 aromatic heterocycles. The molecule has 54 valence electrons. The standard InChI is InChI=1S/C8H18.2Li.2H/c1-4-6-7-8(3)5-2;;;;/h8H,4-7H2,1-3H3;;;;/q;2*+1;2*-1. The molecule has 2 heteroatoms. The molecule has 0 fully saturated rings. The van der Waals surface area contributed by atoms with Gasteiger partial charge in [0, 0.05) is 0 Å². The Labute approximate surface area is 92.9 Å². The Kier molecular flexibility index (Phi) is 22.2. The Morgan fingerprint density at radius 3 is 2.00 bits per heavy atom. The van der Waals surface area contributed by atoms with E-state index in [0.29, 0.717) is 0 Å². The average molecular weight is 130 g/mol. The molecule has 0 bridgehead atoms. The molecule has 0 aliphatic heterocycles. The van der Waals surface area contributed by atoms with E-state index in [4.69, 9.17) is 0 Å². The molecule has 0 nitrogen and oxygen atoms in total. The second-order valence-electron chi connectivity index (χ2n) is 2.66. The SMILES string of the molecule is CCCCC(C)CC.[H-].[H-].[Li+].[Li+]. The first-order valence-electron chi connectivity index (χ1n) is 3.81. The van der Waals surface area contributed by atoms with Crippen molar-refractivity contribution in [3.8, 4) is 0 Å². The molecular formula is C8H20Li2. The summed E-state index contributed by atoms with van der Waals surface area (Å²) in [5.74, 6) is 0.954. The average Bonchev–Trinajstić information content (AvgIpc) is 1.83. The fourth-order valence-electron chi connectivity index (χ4n) is 0.757. The van der Waals surface area contributed by atoms with Crippen molar-refractivity contribution in [1.29, 1.82) is 0 Å². The molecule has 0 saturated heterocycles. The summed E-state index contributed by atoms with van der Waals surface area (Å²) in [7, 11) is 0. The van der Waals surface area contributed by atoms with Gasteiger partial charge in [-0.15, -0.1) is 0 Å². The summed E-state index contributed by atoms with van der Waals surface area (Å²) in [6, 6.07) is 0. The summed E-state index contributed by atoms with van der Waals surface area (Å²) in [6.45, 7) is 6.85. The summed E-state index contributed by atoms with van der Waals surface area (Å²) in [4.78, 5) is 0. The predicted octanol–water partition coefficient (Wildman–Crippen LogP) is -2.54. The van der Waals surface area contributed by atoms with Crippen molar-refractivity contribution in [2.75, 3.05) is 0 Å². The van der Waals surface area contributed by atoms with Crippen molar-refractivity contribution in [2.45, 2.75) is 46.5 Å². The topological polar surface area (TPSA) is 0 Å². The van der Waals surface area contributed by atoms with Gasteiger partial charge in [0.2, 0.25) is 0 Å². The minimum Gasteiger partial charge on any atom is -1.00 e. The molecule has 1 atom stereocenters. The van der Waals surface area contributed by atoms with E-state index in [2.05, 4.69) is 20.8 Å². The van der Waals surface area contributed by atoms with E-state index in [1.54, 1.807) is 0 Å². The van der Waals surface area contributed by atoms with Crippen LogP contribution in [0.4, 0.5) is 0 Å². The predicted molar refractivity (Wildman–Crippen MR) is 41.2 cm³/mol. The van der Waals surface area contributed by atoms with Crippen LogP contribution in [0, 0.1) is 5.92 Å². The molecule has 0 saturated carbocycles. The zero-order valence-corrected chi connectivity index (χ0v) is 8.41. The molecule has 0 aromatic carbocycles. The number of rotatable bonds is 4. The van der Waals surface area contributed by atoms with Crippen LogP contribution in [0.15, 0.2) is 0 Å². The largest absolute Gasteiger partial charge is 1.00 e. The van der Waals surface area contributed by atoms with E-state index >= 15 is 0 Å². The van der Waals surface area contributed by atoms with Crippen LogP contribution in [-0.4, -0.2) is 0 Å². The molecule has 1 unspecified atom stereocenters. The van der Waals surface area contributed by atoms with E-state index in [1.165, 1.54) is 25.7 Å². The van der Waals surface area contributed by atoms with E-state index < -0.39 is 0 Å². The van der Waals surface area contributed by atoms with Gasteiger partial charge < -0.3 is 2.85 Å². The Morgan fingerprint density at radius 1 is 1.20 bits per heavy atom. The molecule has 10 heavy (non-hydrogen) atoms. The third-order valence-corrected chi connectivity index (χ3v) is 1.75. The van der Waals surface area contributed by atoms with Gasteiger partial charge in [0.15, 0.2) is 0 Å². The van der Waals surface area contributed by atoms with Crippen LogP contribution >= 0.6 is 0 Å². The summed E-state index contributed by atoms with van der Waals surface area (Å²) in [5.41, 5.74) is 0. The first kappa shape index (κ1) is 17.3. The molecule has 0 aromatic rings. The van der Waals surface area contributed by atoms with Crippen LogP contribution in [-0.2, 0) is 0 Å². The van der Waals surface area contributed by atoms with Gasteiger partial charge in [-0.2, -0.15) is 0 Å². The fourth-order valence-corrected chi connectivity index (χ4v) is 0.757. The molecule has 0 aliphatic rings. The number of hydrogen-bond acceptors (Lipinski definition) is 0. The molecular weight excluding hydrogens is 110 g/mol. The van der Waals surface area contributed by atoms with Gasteiger partial charge in [-0.3, -0.25) is 0 Å². The molecule has 0 N–H and O–H groups in total. The van der Waals surface area contributed by atoms with E-state index in [1.807, 2.05) is 0 Å². The Hall–Kier alpha value is 1.19. The molecule has 0 heterocycles. The van der Waals surface area contributed by atoms with E-state index in [-0.39, 0.29) is 40.6 Å². The number of hydrogen-bond donors (Lipinski definition) is 0. The zero-order valence-electron chi connectivity index (χ0n) is 10.4. The summed E-state index contributed by atoms with van der Waals surface area (Å²) in [6.07, 6.45) is 5.53. The summed E-state index contributed by atoms with van der Waals surface area (Å²) in [5, 5.41) is 0. The first-order valence-corrected chi connectivity index (χ1v) is 3.81. The molecule has 0 radical (unpaired) electrons. The summed E-state index contributed by atoms with van der Waals surface area (Å²) >= 11 is 0. The third-order valence-electron chi connectivity index (χ3n) is 1.75. The van der Waals surface area contributed by atoms with Crippen LogP contribution in [0.1, 0.15) is 49.3 Å². The number of unbranched alkanes of at least 4 members (excludes halogenated alkanes) is 1. The third kappa shape index (κ3) is 11.9. The first-order chi connectivity index (χ1) is 3.81. The minimum atomic E-state index is 0. The van der Waals surface area contributed by atoms with Crippen LogP contribution in [0.5, 0.6) is 0 Å². The second-order valence-corrected chi connectivity index (χ2v) is 2.66. The normalized spacial score (nSPS) is 11.1. The van der Waals surface area contributed by atoms with E-state index in [9.17, 15) is 0 Å². The molecule has 0 aliphatic carbocycles. The monoisotopic (exact) mass is 130 g/mol. The van der Waals surface area contributed by atoms with Crippen molar-refractivity contribution < 1.29 is 40.6 Å². The maximum absolute atomic E-state index is 2.33. The van der Waals surface area contributed by atoms with Crippen LogP contribution in [0.2, 0.25) is 0 Å². The van der Waals surface area contributed by atoms with Crippen LogP contribution in [0.3, 0.4) is 0 Å². The van der Waals surface area contributed by atoms with Crippen molar-refractivity contribution in [2.24, 2.45) is 5.92 Å². The Bertz CT molecular complexity index is 54.3. The van der Waals surface area contributed by atoms with Crippen molar-refractivity contribution in [3.05, 3.63) is 0 Å². The van der Waals surface area contributed by atoms with Gasteiger partial charge in [-0.1, -0.05) is 46.5 Å². The smallest absolute Gasteiger partial charge is 1.00 e. The van der Waals surface area contributed by atoms with Gasteiger partial charge in [0.05, 0.1) is 0 Å². The second kappa shape index (κ2) is 12.8. The van der Waals surface area contributed by atoms with Gasteiger partial charge in [0.25, 0.3) is 0 Å². The summed E-state index contributed by atoms with van der Waals surface area (Å²) < 4.78 is 0. The quantitative estimate of drug-likeness (QED) is 0.368. The maximum Gasteiger partial charge on any atom is 1.00 e. The van der Waals surface area contributed by atoms with Crippen LogP contribution < -0.4 is 37.7 Å². The van der Waals surface area contributed by atoms with Gasteiger partial charge in [-0.25, -0.2) is 0 Å².